The van der Waals surface area contributed by atoms with Crippen LogP contribution in [0, 0.1) is 0 Å². The molecule has 186 valence electrons. The highest BCUT2D eigenvalue weighted by Gasteiger charge is 2.25. The van der Waals surface area contributed by atoms with Crippen molar-refractivity contribution in [1.82, 2.24) is 24.8 Å². The van der Waals surface area contributed by atoms with Crippen LogP contribution in [-0.4, -0.2) is 25.6 Å². The third kappa shape index (κ3) is 5.04. The highest BCUT2D eigenvalue weighted by molar-refractivity contribution is 6.00. The summed E-state index contributed by atoms with van der Waals surface area (Å²) in [6.07, 6.45) is 11.9. The minimum absolute atomic E-state index is 0.377. The predicted molar refractivity (Wildman–Crippen MR) is 146 cm³/mol. The molecule has 0 saturated heterocycles. The fraction of sp³-hybridized carbons (Fsp3) is 0.233. The second-order valence-electron chi connectivity index (χ2n) is 9.59. The smallest absolute Gasteiger partial charge is 0.146 e. The van der Waals surface area contributed by atoms with E-state index < -0.39 is 0 Å². The number of rotatable bonds is 7. The van der Waals surface area contributed by atoms with E-state index in [0.29, 0.717) is 17.9 Å². The number of pyridine rings is 1. The summed E-state index contributed by atoms with van der Waals surface area (Å²) < 4.78 is 8.29. The molecule has 0 amide bonds. The number of nitrogens with zero attached hydrogens (tertiary/aromatic N) is 4. The average molecular weight is 491 g/mol. The first kappa shape index (κ1) is 23.2. The number of hydrogen-bond acceptors (Lipinski definition) is 6. The number of para-hydroxylation sites is 1. The summed E-state index contributed by atoms with van der Waals surface area (Å²) in [5, 5.41) is 4.62. The first-order valence-corrected chi connectivity index (χ1v) is 12.8. The molecule has 37 heavy (non-hydrogen) atoms. The topological polar surface area (TPSA) is 90.9 Å². The Hall–Kier alpha value is -4.23. The van der Waals surface area contributed by atoms with Gasteiger partial charge in [0.15, 0.2) is 0 Å². The molecule has 6 rings (SSSR count). The first-order chi connectivity index (χ1) is 18.2. The van der Waals surface area contributed by atoms with E-state index in [1.54, 1.807) is 6.33 Å². The zero-order chi connectivity index (χ0) is 25.0. The van der Waals surface area contributed by atoms with Crippen molar-refractivity contribution in [2.24, 2.45) is 0 Å². The van der Waals surface area contributed by atoms with Crippen molar-refractivity contribution >= 4 is 16.9 Å². The normalized spacial score (nSPS) is 17.6. The summed E-state index contributed by atoms with van der Waals surface area (Å²) in [7, 11) is 0. The minimum Gasteiger partial charge on any atom is -0.457 e. The molecule has 2 aromatic carbocycles. The van der Waals surface area contributed by atoms with E-state index in [1.165, 1.54) is 5.56 Å². The summed E-state index contributed by atoms with van der Waals surface area (Å²) in [6.45, 7) is 0.855. The van der Waals surface area contributed by atoms with E-state index >= 15 is 0 Å². The first-order valence-electron chi connectivity index (χ1n) is 12.8. The molecule has 7 heteroatoms. The van der Waals surface area contributed by atoms with Gasteiger partial charge in [-0.05, 0) is 67.1 Å². The predicted octanol–water partition coefficient (Wildman–Crippen LogP) is 6.14. The van der Waals surface area contributed by atoms with Crippen LogP contribution in [0.1, 0.15) is 37.3 Å². The lowest BCUT2D eigenvalue weighted by molar-refractivity contribution is 0.294. The van der Waals surface area contributed by atoms with Crippen molar-refractivity contribution in [3.63, 3.8) is 0 Å². The molecule has 0 radical (unpaired) electrons. The summed E-state index contributed by atoms with van der Waals surface area (Å²) >= 11 is 0. The van der Waals surface area contributed by atoms with Gasteiger partial charge in [0.05, 0.1) is 5.39 Å². The molecule has 1 saturated carbocycles. The van der Waals surface area contributed by atoms with Crippen LogP contribution in [-0.2, 0) is 6.54 Å². The van der Waals surface area contributed by atoms with Gasteiger partial charge in [-0.2, -0.15) is 0 Å². The fourth-order valence-corrected chi connectivity index (χ4v) is 5.26. The SMILES string of the molecule is Nc1ncnc2c1c(-c1ccc(Oc3ccccc3)cc1)cn2C1CCC(NCc2cccnc2)CC1. The number of ether oxygens (including phenoxy) is 1. The molecule has 0 unspecified atom stereocenters. The Balaban J connectivity index is 1.20. The van der Waals surface area contributed by atoms with Crippen molar-refractivity contribution in [3.05, 3.63) is 97.2 Å². The second kappa shape index (κ2) is 10.4. The van der Waals surface area contributed by atoms with E-state index in [-0.39, 0.29) is 0 Å². The molecule has 0 spiro atoms. The van der Waals surface area contributed by atoms with Crippen LogP contribution in [0.25, 0.3) is 22.2 Å². The summed E-state index contributed by atoms with van der Waals surface area (Å²) in [4.78, 5) is 13.2. The maximum atomic E-state index is 6.38. The van der Waals surface area contributed by atoms with Gasteiger partial charge in [-0.15, -0.1) is 0 Å². The Morgan fingerprint density at radius 3 is 2.43 bits per heavy atom. The van der Waals surface area contributed by atoms with E-state index in [4.69, 9.17) is 10.5 Å². The average Bonchev–Trinajstić information content (AvgIpc) is 3.35. The van der Waals surface area contributed by atoms with Crippen LogP contribution in [0.3, 0.4) is 0 Å². The lowest BCUT2D eigenvalue weighted by Gasteiger charge is -2.30. The standard InChI is InChI=1S/C30H30N6O/c31-29-28-27(22-8-14-26(15-9-22)37-25-6-2-1-3-7-25)19-36(30(28)35-20-34-29)24-12-10-23(11-13-24)33-18-21-5-4-16-32-17-21/h1-9,14-17,19-20,23-24,33H,10-13,18H2,(H2,31,34,35). The van der Waals surface area contributed by atoms with Crippen LogP contribution >= 0.6 is 0 Å². The van der Waals surface area contributed by atoms with Crippen LogP contribution in [0.15, 0.2) is 91.6 Å². The van der Waals surface area contributed by atoms with Gasteiger partial charge in [0.25, 0.3) is 0 Å². The van der Waals surface area contributed by atoms with E-state index in [0.717, 1.165) is 65.9 Å². The Labute approximate surface area is 216 Å². The number of benzene rings is 2. The Kier molecular flexibility index (Phi) is 6.52. The Morgan fingerprint density at radius 1 is 0.892 bits per heavy atom. The lowest BCUT2D eigenvalue weighted by Crippen LogP contribution is -2.33. The van der Waals surface area contributed by atoms with Gasteiger partial charge >= 0.3 is 0 Å². The van der Waals surface area contributed by atoms with Crippen molar-refractivity contribution < 1.29 is 4.74 Å². The van der Waals surface area contributed by atoms with Crippen LogP contribution in [0.4, 0.5) is 5.82 Å². The molecule has 3 N–H and O–H groups in total. The number of nitrogens with two attached hydrogens (primary N) is 1. The Morgan fingerprint density at radius 2 is 1.68 bits per heavy atom. The largest absolute Gasteiger partial charge is 0.457 e. The molecule has 3 aromatic heterocycles. The van der Waals surface area contributed by atoms with Gasteiger partial charge in [-0.3, -0.25) is 4.98 Å². The third-order valence-corrected chi connectivity index (χ3v) is 7.19. The van der Waals surface area contributed by atoms with E-state index in [2.05, 4.69) is 49.2 Å². The van der Waals surface area contributed by atoms with Crippen LogP contribution in [0.2, 0.25) is 0 Å². The maximum Gasteiger partial charge on any atom is 0.146 e. The van der Waals surface area contributed by atoms with E-state index in [1.807, 2.05) is 60.9 Å². The van der Waals surface area contributed by atoms with Crippen molar-refractivity contribution in [2.75, 3.05) is 5.73 Å². The Bertz CT molecular complexity index is 1460. The van der Waals surface area contributed by atoms with Gasteiger partial charge < -0.3 is 20.4 Å². The molecule has 0 aliphatic heterocycles. The number of nitrogen functional groups attached to an aromatic ring is 1. The highest BCUT2D eigenvalue weighted by Crippen LogP contribution is 2.38. The van der Waals surface area contributed by atoms with Crippen molar-refractivity contribution in [3.8, 4) is 22.6 Å². The lowest BCUT2D eigenvalue weighted by atomic mass is 9.91. The third-order valence-electron chi connectivity index (χ3n) is 7.19. The maximum absolute atomic E-state index is 6.38. The number of fused-ring (bicyclic) bond motifs is 1. The van der Waals surface area contributed by atoms with Gasteiger partial charge in [0, 0.05) is 42.8 Å². The molecular weight excluding hydrogens is 460 g/mol. The van der Waals surface area contributed by atoms with Gasteiger partial charge in [-0.1, -0.05) is 36.4 Å². The van der Waals surface area contributed by atoms with Gasteiger partial charge in [0.2, 0.25) is 0 Å². The number of nitrogens with one attached hydrogen (secondary N) is 1. The zero-order valence-corrected chi connectivity index (χ0v) is 20.6. The molecule has 0 atom stereocenters. The molecule has 1 fully saturated rings. The molecular formula is C30H30N6O. The molecule has 1 aliphatic carbocycles. The fourth-order valence-electron chi connectivity index (χ4n) is 5.26. The van der Waals surface area contributed by atoms with Crippen molar-refractivity contribution in [2.45, 2.75) is 44.3 Å². The van der Waals surface area contributed by atoms with Crippen molar-refractivity contribution in [1.29, 1.82) is 0 Å². The number of hydrogen-bond donors (Lipinski definition) is 2. The monoisotopic (exact) mass is 490 g/mol. The van der Waals surface area contributed by atoms with Crippen LogP contribution in [0.5, 0.6) is 11.5 Å². The van der Waals surface area contributed by atoms with Crippen LogP contribution < -0.4 is 15.8 Å². The summed E-state index contributed by atoms with van der Waals surface area (Å²) in [5.41, 5.74) is 10.6. The second-order valence-corrected chi connectivity index (χ2v) is 9.59. The number of aromatic nitrogens is 4. The quantitative estimate of drug-likeness (QED) is 0.285. The van der Waals surface area contributed by atoms with Gasteiger partial charge in [0.1, 0.15) is 29.3 Å². The van der Waals surface area contributed by atoms with Gasteiger partial charge in [-0.25, -0.2) is 9.97 Å². The molecule has 5 aromatic rings. The van der Waals surface area contributed by atoms with E-state index in [9.17, 15) is 0 Å². The summed E-state index contributed by atoms with van der Waals surface area (Å²) in [6, 6.07) is 22.9. The minimum atomic E-state index is 0.377. The molecule has 7 nitrogen and oxygen atoms in total. The molecule has 3 heterocycles. The number of anilines is 1. The molecule has 1 aliphatic rings. The summed E-state index contributed by atoms with van der Waals surface area (Å²) in [5.74, 6) is 2.12. The zero-order valence-electron chi connectivity index (χ0n) is 20.6. The highest BCUT2D eigenvalue weighted by atomic mass is 16.5. The molecule has 0 bridgehead atoms.